The van der Waals surface area contributed by atoms with E-state index in [2.05, 4.69) is 57.8 Å². The minimum absolute atomic E-state index is 0.154. The van der Waals surface area contributed by atoms with E-state index in [0.29, 0.717) is 0 Å². The molecule has 2 rings (SSSR count). The Morgan fingerprint density at radius 1 is 1.14 bits per heavy atom. The molecule has 0 aromatic heterocycles. The van der Waals surface area contributed by atoms with Crippen LogP contribution in [0, 0.1) is 6.92 Å². The zero-order chi connectivity index (χ0) is 15.4. The zero-order valence-electron chi connectivity index (χ0n) is 12.2. The van der Waals surface area contributed by atoms with Crippen LogP contribution in [-0.2, 0) is 0 Å². The average molecular weight is 413 g/mol. The maximum atomic E-state index is 6.42. The smallest absolute Gasteiger partial charge is 0.133 e. The van der Waals surface area contributed by atoms with Gasteiger partial charge in [0.15, 0.2) is 0 Å². The Morgan fingerprint density at radius 2 is 1.90 bits per heavy atom. The van der Waals surface area contributed by atoms with Gasteiger partial charge < -0.3 is 10.5 Å². The van der Waals surface area contributed by atoms with E-state index in [9.17, 15) is 0 Å². The van der Waals surface area contributed by atoms with Crippen LogP contribution in [0.2, 0.25) is 0 Å². The molecule has 0 saturated carbocycles. The van der Waals surface area contributed by atoms with E-state index in [1.54, 1.807) is 0 Å². The van der Waals surface area contributed by atoms with Gasteiger partial charge in [0.1, 0.15) is 5.75 Å². The number of hydrogen-bond donors (Lipinski definition) is 1. The van der Waals surface area contributed by atoms with Crippen molar-refractivity contribution in [1.82, 2.24) is 0 Å². The molecule has 112 valence electrons. The first kappa shape index (κ1) is 16.5. The molecule has 21 heavy (non-hydrogen) atoms. The largest absolute Gasteiger partial charge is 0.492 e. The molecule has 0 spiro atoms. The third-order valence-corrected chi connectivity index (χ3v) is 4.47. The Hall–Kier alpha value is -0.840. The van der Waals surface area contributed by atoms with Crippen molar-refractivity contribution in [2.24, 2.45) is 5.73 Å². The Bertz CT molecular complexity index is 628. The molecule has 0 heterocycles. The maximum Gasteiger partial charge on any atom is 0.133 e. The lowest BCUT2D eigenvalue weighted by Gasteiger charge is -2.17. The first-order valence-electron chi connectivity index (χ1n) is 6.96. The normalized spacial score (nSPS) is 12.2. The minimum atomic E-state index is -0.154. The van der Waals surface area contributed by atoms with Crippen LogP contribution in [0.3, 0.4) is 0 Å². The second kappa shape index (κ2) is 7.43. The molecule has 0 radical (unpaired) electrons. The fourth-order valence-electron chi connectivity index (χ4n) is 2.17. The summed E-state index contributed by atoms with van der Waals surface area (Å²) in [5.74, 6) is 0.860. The second-order valence-corrected chi connectivity index (χ2v) is 6.79. The summed E-state index contributed by atoms with van der Waals surface area (Å²) in [4.78, 5) is 0. The Labute approximate surface area is 143 Å². The molecule has 2 N–H and O–H groups in total. The lowest BCUT2D eigenvalue weighted by molar-refractivity contribution is 0.315. The van der Waals surface area contributed by atoms with Crippen molar-refractivity contribution >= 4 is 31.9 Å². The topological polar surface area (TPSA) is 35.2 Å². The lowest BCUT2D eigenvalue weighted by Crippen LogP contribution is -2.13. The predicted molar refractivity (Wildman–Crippen MR) is 94.8 cm³/mol. The molecule has 0 aliphatic rings. The van der Waals surface area contributed by atoms with Gasteiger partial charge in [-0.1, -0.05) is 35.0 Å². The second-order valence-electron chi connectivity index (χ2n) is 5.02. The van der Waals surface area contributed by atoms with Gasteiger partial charge in [0, 0.05) is 4.47 Å². The summed E-state index contributed by atoms with van der Waals surface area (Å²) in [6, 6.07) is 12.1. The first-order valence-corrected chi connectivity index (χ1v) is 8.55. The maximum absolute atomic E-state index is 6.42. The summed E-state index contributed by atoms with van der Waals surface area (Å²) in [5, 5.41) is 0. The number of nitrogens with two attached hydrogens (primary N) is 1. The fourth-order valence-corrected chi connectivity index (χ4v) is 3.06. The van der Waals surface area contributed by atoms with Crippen molar-refractivity contribution in [2.75, 3.05) is 6.61 Å². The highest BCUT2D eigenvalue weighted by Gasteiger charge is 2.14. The van der Waals surface area contributed by atoms with Crippen molar-refractivity contribution in [3.8, 4) is 5.75 Å². The summed E-state index contributed by atoms with van der Waals surface area (Å²) < 4.78 is 7.66. The summed E-state index contributed by atoms with van der Waals surface area (Å²) in [6.07, 6.45) is 0.991. The molecular formula is C17H19Br2NO. The van der Waals surface area contributed by atoms with Crippen molar-refractivity contribution < 1.29 is 4.74 Å². The molecule has 0 aliphatic heterocycles. The number of rotatable bonds is 5. The van der Waals surface area contributed by atoms with Gasteiger partial charge in [0.25, 0.3) is 0 Å². The van der Waals surface area contributed by atoms with Crippen molar-refractivity contribution in [1.29, 1.82) is 0 Å². The van der Waals surface area contributed by atoms with Crippen LogP contribution in [0.15, 0.2) is 45.3 Å². The minimum Gasteiger partial charge on any atom is -0.492 e. The number of hydrogen-bond acceptors (Lipinski definition) is 2. The lowest BCUT2D eigenvalue weighted by atomic mass is 9.96. The standard InChI is InChI=1S/C17H19Br2NO/c1-3-8-21-16-7-5-12(9-15(16)19)17(20)14-10-13(18)6-4-11(14)2/h4-7,9-10,17H,3,8,20H2,1-2H3. The highest BCUT2D eigenvalue weighted by atomic mass is 79.9. The van der Waals surface area contributed by atoms with Gasteiger partial charge in [-0.05, 0) is 70.2 Å². The van der Waals surface area contributed by atoms with Crippen molar-refractivity contribution in [3.05, 3.63) is 62.0 Å². The third-order valence-electron chi connectivity index (χ3n) is 3.35. The van der Waals surface area contributed by atoms with Crippen LogP contribution in [0.4, 0.5) is 0 Å². The van der Waals surface area contributed by atoms with E-state index in [0.717, 1.165) is 38.8 Å². The van der Waals surface area contributed by atoms with E-state index in [1.165, 1.54) is 5.56 Å². The van der Waals surface area contributed by atoms with Gasteiger partial charge in [-0.3, -0.25) is 0 Å². The number of benzene rings is 2. The molecule has 1 atom stereocenters. The van der Waals surface area contributed by atoms with Crippen molar-refractivity contribution in [3.63, 3.8) is 0 Å². The monoisotopic (exact) mass is 411 g/mol. The first-order chi connectivity index (χ1) is 10.0. The van der Waals surface area contributed by atoms with Gasteiger partial charge in [-0.25, -0.2) is 0 Å². The van der Waals surface area contributed by atoms with E-state index in [1.807, 2.05) is 24.3 Å². The molecule has 0 saturated heterocycles. The number of aryl methyl sites for hydroxylation is 1. The van der Waals surface area contributed by atoms with Crippen molar-refractivity contribution in [2.45, 2.75) is 26.3 Å². The molecule has 0 fully saturated rings. The summed E-state index contributed by atoms with van der Waals surface area (Å²) >= 11 is 7.07. The molecule has 2 aromatic rings. The fraction of sp³-hybridized carbons (Fsp3) is 0.294. The Balaban J connectivity index is 2.29. The van der Waals surface area contributed by atoms with Crippen LogP contribution in [0.1, 0.15) is 36.1 Å². The summed E-state index contributed by atoms with van der Waals surface area (Å²) in [5.41, 5.74) is 9.80. The highest BCUT2D eigenvalue weighted by Crippen LogP contribution is 2.31. The van der Waals surface area contributed by atoms with Crippen LogP contribution in [0.5, 0.6) is 5.75 Å². The zero-order valence-corrected chi connectivity index (χ0v) is 15.4. The van der Waals surface area contributed by atoms with Crippen LogP contribution < -0.4 is 10.5 Å². The van der Waals surface area contributed by atoms with Gasteiger partial charge >= 0.3 is 0 Å². The molecule has 0 bridgehead atoms. The van der Waals surface area contributed by atoms with Crippen LogP contribution in [-0.4, -0.2) is 6.61 Å². The van der Waals surface area contributed by atoms with Crippen LogP contribution in [0.25, 0.3) is 0 Å². The SMILES string of the molecule is CCCOc1ccc(C(N)c2cc(Br)ccc2C)cc1Br. The molecule has 1 unspecified atom stereocenters. The Kier molecular flexibility index (Phi) is 5.85. The summed E-state index contributed by atoms with van der Waals surface area (Å²) in [6.45, 7) is 4.89. The third kappa shape index (κ3) is 4.09. The van der Waals surface area contributed by atoms with Gasteiger partial charge in [-0.2, -0.15) is 0 Å². The van der Waals surface area contributed by atoms with Crippen LogP contribution >= 0.6 is 31.9 Å². The van der Waals surface area contributed by atoms with Gasteiger partial charge in [0.05, 0.1) is 17.1 Å². The molecule has 0 aliphatic carbocycles. The predicted octanol–water partition coefficient (Wildman–Crippen LogP) is 5.36. The van der Waals surface area contributed by atoms with E-state index < -0.39 is 0 Å². The quantitative estimate of drug-likeness (QED) is 0.717. The van der Waals surface area contributed by atoms with Gasteiger partial charge in [0.2, 0.25) is 0 Å². The molecular weight excluding hydrogens is 394 g/mol. The molecule has 2 aromatic carbocycles. The number of halogens is 2. The van der Waals surface area contributed by atoms with E-state index >= 15 is 0 Å². The van der Waals surface area contributed by atoms with E-state index in [4.69, 9.17) is 10.5 Å². The average Bonchev–Trinajstić information content (AvgIpc) is 2.47. The molecule has 2 nitrogen and oxygen atoms in total. The van der Waals surface area contributed by atoms with Gasteiger partial charge in [-0.15, -0.1) is 0 Å². The molecule has 0 amide bonds. The summed E-state index contributed by atoms with van der Waals surface area (Å²) in [7, 11) is 0. The number of ether oxygens (including phenoxy) is 1. The Morgan fingerprint density at radius 3 is 2.57 bits per heavy atom. The van der Waals surface area contributed by atoms with E-state index in [-0.39, 0.29) is 6.04 Å². The highest BCUT2D eigenvalue weighted by molar-refractivity contribution is 9.10. The molecule has 4 heteroatoms.